The molecule has 1 rings (SSSR count). The highest BCUT2D eigenvalue weighted by molar-refractivity contribution is 5.77. The molecule has 1 fully saturated rings. The molecule has 4 atom stereocenters. The Morgan fingerprint density at radius 3 is 1.54 bits per heavy atom. The second-order valence-corrected chi connectivity index (χ2v) is 8.52. The molecule has 0 aromatic heterocycles. The third-order valence-electron chi connectivity index (χ3n) is 6.69. The second kappa shape index (κ2) is 10.9. The Kier molecular flexibility index (Phi) is 9.67. The number of carbonyl (C=O) groups is 2. The Morgan fingerprint density at radius 2 is 1.23 bits per heavy atom. The van der Waals surface area contributed by atoms with Gasteiger partial charge in [-0.05, 0) is 49.4 Å². The predicted octanol–water partition coefficient (Wildman–Crippen LogP) is 4.82. The number of hydrogen-bond acceptors (Lipinski definition) is 2. The summed E-state index contributed by atoms with van der Waals surface area (Å²) in [4.78, 5) is 24.5. The van der Waals surface area contributed by atoms with Gasteiger partial charge in [0.15, 0.2) is 0 Å². The van der Waals surface area contributed by atoms with Crippen molar-refractivity contribution in [2.75, 3.05) is 0 Å². The Labute approximate surface area is 161 Å². The summed E-state index contributed by atoms with van der Waals surface area (Å²) in [6, 6.07) is 0.329. The molecular weight excluding hydrogens is 324 g/mol. The van der Waals surface area contributed by atoms with Crippen LogP contribution in [0.4, 0.5) is 0 Å². The molecule has 0 aromatic rings. The van der Waals surface area contributed by atoms with Gasteiger partial charge in [0.2, 0.25) is 11.8 Å². The lowest BCUT2D eigenvalue weighted by atomic mass is 9.56. The van der Waals surface area contributed by atoms with Gasteiger partial charge in [0.25, 0.3) is 0 Å². The van der Waals surface area contributed by atoms with Crippen LogP contribution in [0.1, 0.15) is 99.3 Å². The molecule has 1 aliphatic rings. The third kappa shape index (κ3) is 5.99. The highest BCUT2D eigenvalue weighted by Crippen LogP contribution is 2.50. The molecule has 1 saturated carbocycles. The van der Waals surface area contributed by atoms with Crippen molar-refractivity contribution in [3.05, 3.63) is 0 Å². The molecule has 4 heteroatoms. The van der Waals surface area contributed by atoms with Gasteiger partial charge in [-0.15, -0.1) is 0 Å². The average Bonchev–Trinajstić information content (AvgIpc) is 2.60. The quantitative estimate of drug-likeness (QED) is 0.582. The van der Waals surface area contributed by atoms with Crippen LogP contribution < -0.4 is 10.6 Å². The van der Waals surface area contributed by atoms with Gasteiger partial charge in [-0.25, -0.2) is 0 Å². The van der Waals surface area contributed by atoms with Crippen molar-refractivity contribution in [3.63, 3.8) is 0 Å². The summed E-state index contributed by atoms with van der Waals surface area (Å²) in [6.45, 7) is 13.3. The van der Waals surface area contributed by atoms with Gasteiger partial charge in [0.05, 0.1) is 0 Å². The van der Waals surface area contributed by atoms with E-state index in [1.54, 1.807) is 0 Å². The van der Waals surface area contributed by atoms with Crippen LogP contribution >= 0.6 is 0 Å². The van der Waals surface area contributed by atoms with E-state index in [0.717, 1.165) is 44.9 Å². The Balaban J connectivity index is 3.05. The Hall–Kier alpha value is -1.06. The highest BCUT2D eigenvalue weighted by atomic mass is 16.2. The molecule has 0 radical (unpaired) electrons. The van der Waals surface area contributed by atoms with Crippen LogP contribution in [-0.2, 0) is 9.59 Å². The first-order valence-corrected chi connectivity index (χ1v) is 10.9. The molecule has 4 unspecified atom stereocenters. The smallest absolute Gasteiger partial charge is 0.220 e. The fourth-order valence-electron chi connectivity index (χ4n) is 4.89. The number of hydrogen-bond donors (Lipinski definition) is 2. The van der Waals surface area contributed by atoms with Crippen LogP contribution in [0.15, 0.2) is 0 Å². The van der Waals surface area contributed by atoms with E-state index in [-0.39, 0.29) is 29.3 Å². The molecule has 0 saturated heterocycles. The van der Waals surface area contributed by atoms with E-state index >= 15 is 0 Å². The van der Waals surface area contributed by atoms with E-state index < -0.39 is 0 Å². The summed E-state index contributed by atoms with van der Waals surface area (Å²) in [7, 11) is 0. The minimum atomic E-state index is 0.153. The van der Waals surface area contributed by atoms with Crippen LogP contribution in [-0.4, -0.2) is 23.9 Å². The zero-order valence-corrected chi connectivity index (χ0v) is 18.0. The summed E-state index contributed by atoms with van der Waals surface area (Å²) >= 11 is 0. The first kappa shape index (κ1) is 23.0. The van der Waals surface area contributed by atoms with Crippen molar-refractivity contribution in [2.24, 2.45) is 17.3 Å². The molecular formula is C22H42N2O2. The number of rotatable bonds is 10. The van der Waals surface area contributed by atoms with Gasteiger partial charge in [-0.3, -0.25) is 9.59 Å². The predicted molar refractivity (Wildman–Crippen MR) is 109 cm³/mol. The summed E-state index contributed by atoms with van der Waals surface area (Å²) in [5.74, 6) is 1.46. The monoisotopic (exact) mass is 366 g/mol. The maximum absolute atomic E-state index is 12.2. The van der Waals surface area contributed by atoms with Crippen molar-refractivity contribution in [1.82, 2.24) is 10.6 Å². The SMILES string of the molecule is CCCC(=O)NC1CC(NC(=O)CCC)CC(C(C)CC)(C(C)CC)C1. The minimum Gasteiger partial charge on any atom is -0.353 e. The molecule has 0 spiro atoms. The van der Waals surface area contributed by atoms with Crippen molar-refractivity contribution in [3.8, 4) is 0 Å². The first-order chi connectivity index (χ1) is 12.3. The van der Waals surface area contributed by atoms with Crippen LogP contribution in [0.5, 0.6) is 0 Å². The van der Waals surface area contributed by atoms with Gasteiger partial charge in [0, 0.05) is 24.9 Å². The first-order valence-electron chi connectivity index (χ1n) is 10.9. The van der Waals surface area contributed by atoms with Gasteiger partial charge in [-0.1, -0.05) is 54.4 Å². The maximum atomic E-state index is 12.2. The lowest BCUT2D eigenvalue weighted by Gasteiger charge is -2.52. The lowest BCUT2D eigenvalue weighted by molar-refractivity contribution is -0.123. The molecule has 0 aromatic carbocycles. The van der Waals surface area contributed by atoms with E-state index in [0.29, 0.717) is 24.7 Å². The third-order valence-corrected chi connectivity index (χ3v) is 6.69. The van der Waals surface area contributed by atoms with Crippen molar-refractivity contribution in [1.29, 1.82) is 0 Å². The minimum absolute atomic E-state index is 0.153. The van der Waals surface area contributed by atoms with E-state index in [4.69, 9.17) is 0 Å². The van der Waals surface area contributed by atoms with Crippen LogP contribution in [0.2, 0.25) is 0 Å². The van der Waals surface area contributed by atoms with Crippen LogP contribution in [0.25, 0.3) is 0 Å². The lowest BCUT2D eigenvalue weighted by Crippen LogP contribution is -2.55. The molecule has 0 heterocycles. The Morgan fingerprint density at radius 1 is 0.846 bits per heavy atom. The fraction of sp³-hybridized carbons (Fsp3) is 0.909. The number of nitrogens with one attached hydrogen (secondary N) is 2. The fourth-order valence-corrected chi connectivity index (χ4v) is 4.89. The molecule has 0 bridgehead atoms. The van der Waals surface area contributed by atoms with E-state index in [9.17, 15) is 9.59 Å². The van der Waals surface area contributed by atoms with Gasteiger partial charge < -0.3 is 10.6 Å². The molecule has 26 heavy (non-hydrogen) atoms. The van der Waals surface area contributed by atoms with Gasteiger partial charge in [0.1, 0.15) is 0 Å². The zero-order chi connectivity index (χ0) is 19.7. The van der Waals surface area contributed by atoms with Crippen LogP contribution in [0, 0.1) is 17.3 Å². The van der Waals surface area contributed by atoms with Crippen molar-refractivity contribution in [2.45, 2.75) is 111 Å². The number of amides is 2. The summed E-state index contributed by atoms with van der Waals surface area (Å²) in [5, 5.41) is 6.55. The van der Waals surface area contributed by atoms with Crippen molar-refractivity contribution >= 4 is 11.8 Å². The molecule has 1 aliphatic carbocycles. The molecule has 152 valence electrons. The van der Waals surface area contributed by atoms with E-state index in [1.807, 2.05) is 13.8 Å². The average molecular weight is 367 g/mol. The summed E-state index contributed by atoms with van der Waals surface area (Å²) in [6.07, 6.45) is 8.12. The second-order valence-electron chi connectivity index (χ2n) is 8.52. The molecule has 2 amide bonds. The number of carbonyl (C=O) groups excluding carboxylic acids is 2. The Bertz CT molecular complexity index is 409. The van der Waals surface area contributed by atoms with E-state index in [1.165, 1.54) is 0 Å². The summed E-state index contributed by atoms with van der Waals surface area (Å²) < 4.78 is 0. The van der Waals surface area contributed by atoms with E-state index in [2.05, 4.69) is 38.3 Å². The standard InChI is InChI=1S/C22H42N2O2/c1-7-11-20(25)23-18-13-19(24-21(26)12-8-2)15-22(14-18,16(5)9-3)17(6)10-4/h16-19H,7-15H2,1-6H3,(H,23,25)(H,24,26). The van der Waals surface area contributed by atoms with Crippen LogP contribution in [0.3, 0.4) is 0 Å². The topological polar surface area (TPSA) is 58.2 Å². The molecule has 4 nitrogen and oxygen atoms in total. The summed E-state index contributed by atoms with van der Waals surface area (Å²) in [5.41, 5.74) is 0.177. The van der Waals surface area contributed by atoms with Gasteiger partial charge in [-0.2, -0.15) is 0 Å². The molecule has 0 aliphatic heterocycles. The normalized spacial score (nSPS) is 28.2. The van der Waals surface area contributed by atoms with Gasteiger partial charge >= 0.3 is 0 Å². The van der Waals surface area contributed by atoms with Crippen molar-refractivity contribution < 1.29 is 9.59 Å². The largest absolute Gasteiger partial charge is 0.353 e. The highest BCUT2D eigenvalue weighted by Gasteiger charge is 2.47. The maximum Gasteiger partial charge on any atom is 0.220 e. The molecule has 2 N–H and O–H groups in total. The zero-order valence-electron chi connectivity index (χ0n) is 18.0.